The lowest BCUT2D eigenvalue weighted by Gasteiger charge is -2.39. The molecular formula is C24H21ClF2N6. The third-order valence-electron chi connectivity index (χ3n) is 5.56. The first kappa shape index (κ1) is 21.5. The standard InChI is InChI=1S/C24H21ClF2N6/c25-16-4-6-21(27)20(10-16)19-3-1-2-15-11-29-24(32-23(15)19)31-17-5-7-22(28-12-17)30-18-13-33(14-18)9-8-26/h1-7,10-12,18H,8-9,13-14H2,(H,28,30)(H,29,31,32). The molecule has 6 nitrogen and oxygen atoms in total. The molecule has 0 bridgehead atoms. The lowest BCUT2D eigenvalue weighted by Crippen LogP contribution is -2.55. The normalized spacial score (nSPS) is 14.3. The predicted molar refractivity (Wildman–Crippen MR) is 127 cm³/mol. The van der Waals surface area contributed by atoms with E-state index in [1.165, 1.54) is 12.1 Å². The van der Waals surface area contributed by atoms with Crippen LogP contribution in [0.2, 0.25) is 5.02 Å². The summed E-state index contributed by atoms with van der Waals surface area (Å²) >= 11 is 6.09. The van der Waals surface area contributed by atoms with Gasteiger partial charge in [-0.05, 0) is 30.3 Å². The fourth-order valence-electron chi connectivity index (χ4n) is 3.89. The number of pyridine rings is 1. The van der Waals surface area contributed by atoms with E-state index in [-0.39, 0.29) is 18.5 Å². The molecule has 1 aliphatic heterocycles. The van der Waals surface area contributed by atoms with Crippen LogP contribution in [0, 0.1) is 5.82 Å². The number of para-hydroxylation sites is 1. The monoisotopic (exact) mass is 466 g/mol. The lowest BCUT2D eigenvalue weighted by atomic mass is 10.0. The third-order valence-corrected chi connectivity index (χ3v) is 5.79. The van der Waals surface area contributed by atoms with Crippen LogP contribution in [0.5, 0.6) is 0 Å². The molecule has 1 fully saturated rings. The van der Waals surface area contributed by atoms with Crippen LogP contribution in [-0.2, 0) is 0 Å². The van der Waals surface area contributed by atoms with Gasteiger partial charge >= 0.3 is 0 Å². The molecular weight excluding hydrogens is 446 g/mol. The van der Waals surface area contributed by atoms with Crippen molar-refractivity contribution in [2.75, 3.05) is 36.9 Å². The Balaban J connectivity index is 1.34. The van der Waals surface area contributed by atoms with Crippen LogP contribution in [0.4, 0.5) is 26.2 Å². The molecule has 1 saturated heterocycles. The molecule has 0 atom stereocenters. The van der Waals surface area contributed by atoms with Gasteiger partial charge in [-0.1, -0.05) is 29.8 Å². The average Bonchev–Trinajstić information content (AvgIpc) is 2.80. The van der Waals surface area contributed by atoms with Crippen LogP contribution < -0.4 is 10.6 Å². The van der Waals surface area contributed by atoms with Gasteiger partial charge in [-0.2, -0.15) is 0 Å². The molecule has 5 rings (SSSR count). The first-order valence-corrected chi connectivity index (χ1v) is 11.0. The van der Waals surface area contributed by atoms with Gasteiger partial charge in [0.15, 0.2) is 0 Å². The van der Waals surface area contributed by atoms with Crippen molar-refractivity contribution >= 4 is 40.0 Å². The zero-order valence-corrected chi connectivity index (χ0v) is 18.4. The van der Waals surface area contributed by atoms with E-state index in [0.29, 0.717) is 34.2 Å². The van der Waals surface area contributed by atoms with Crippen LogP contribution in [0.15, 0.2) is 60.9 Å². The molecule has 1 aliphatic rings. The van der Waals surface area contributed by atoms with Crippen LogP contribution in [0.3, 0.4) is 0 Å². The summed E-state index contributed by atoms with van der Waals surface area (Å²) < 4.78 is 26.9. The molecule has 3 heterocycles. The maximum absolute atomic E-state index is 14.5. The Hall–Kier alpha value is -3.36. The molecule has 9 heteroatoms. The summed E-state index contributed by atoms with van der Waals surface area (Å²) in [5.74, 6) is 0.760. The summed E-state index contributed by atoms with van der Waals surface area (Å²) in [4.78, 5) is 15.5. The van der Waals surface area contributed by atoms with E-state index in [4.69, 9.17) is 11.6 Å². The zero-order valence-electron chi connectivity index (χ0n) is 17.6. The van der Waals surface area contributed by atoms with Gasteiger partial charge in [-0.3, -0.25) is 4.90 Å². The molecule has 0 amide bonds. The maximum atomic E-state index is 14.5. The van der Waals surface area contributed by atoms with Crippen molar-refractivity contribution in [2.24, 2.45) is 0 Å². The molecule has 0 saturated carbocycles. The predicted octanol–water partition coefficient (Wildman–Crippen LogP) is 5.29. The number of anilines is 3. The van der Waals surface area contributed by atoms with Crippen LogP contribution in [0.1, 0.15) is 0 Å². The number of nitrogens with one attached hydrogen (secondary N) is 2. The van der Waals surface area contributed by atoms with Crippen molar-refractivity contribution < 1.29 is 8.78 Å². The summed E-state index contributed by atoms with van der Waals surface area (Å²) in [7, 11) is 0. The van der Waals surface area contributed by atoms with Gasteiger partial charge in [0.1, 0.15) is 18.3 Å². The minimum Gasteiger partial charge on any atom is -0.365 e. The maximum Gasteiger partial charge on any atom is 0.227 e. The van der Waals surface area contributed by atoms with E-state index in [9.17, 15) is 8.78 Å². The number of alkyl halides is 1. The Bertz CT molecular complexity index is 1280. The molecule has 2 aromatic heterocycles. The van der Waals surface area contributed by atoms with Gasteiger partial charge in [-0.25, -0.2) is 23.7 Å². The average molecular weight is 467 g/mol. The van der Waals surface area contributed by atoms with Gasteiger partial charge in [0.05, 0.1) is 23.4 Å². The Morgan fingerprint density at radius 3 is 2.70 bits per heavy atom. The van der Waals surface area contributed by atoms with Crippen molar-refractivity contribution in [3.63, 3.8) is 0 Å². The molecule has 0 aliphatic carbocycles. The Kier molecular flexibility index (Phi) is 6.02. The second kappa shape index (κ2) is 9.25. The zero-order chi connectivity index (χ0) is 22.8. The van der Waals surface area contributed by atoms with E-state index in [1.807, 2.05) is 35.2 Å². The number of rotatable bonds is 7. The van der Waals surface area contributed by atoms with E-state index in [0.717, 1.165) is 30.0 Å². The first-order chi connectivity index (χ1) is 16.1. The van der Waals surface area contributed by atoms with E-state index < -0.39 is 0 Å². The summed E-state index contributed by atoms with van der Waals surface area (Å²) in [6.45, 7) is 1.78. The van der Waals surface area contributed by atoms with Gasteiger partial charge in [0, 0.05) is 47.4 Å². The summed E-state index contributed by atoms with van der Waals surface area (Å²) in [6, 6.07) is 14.0. The quantitative estimate of drug-likeness (QED) is 0.385. The number of benzene rings is 2. The summed E-state index contributed by atoms with van der Waals surface area (Å²) in [5.41, 5.74) is 2.36. The molecule has 0 unspecified atom stereocenters. The second-order valence-electron chi connectivity index (χ2n) is 7.91. The number of likely N-dealkylation sites (tertiary alicyclic amines) is 1. The number of hydrogen-bond donors (Lipinski definition) is 2. The highest BCUT2D eigenvalue weighted by atomic mass is 35.5. The Morgan fingerprint density at radius 1 is 1.03 bits per heavy atom. The minimum absolute atomic E-state index is 0.275. The van der Waals surface area contributed by atoms with Crippen molar-refractivity contribution in [2.45, 2.75) is 6.04 Å². The van der Waals surface area contributed by atoms with Crippen LogP contribution in [-0.4, -0.2) is 52.2 Å². The molecule has 0 spiro atoms. The topological polar surface area (TPSA) is 66.0 Å². The SMILES string of the molecule is FCCN1CC(Nc2ccc(Nc3ncc4cccc(-c5cc(Cl)ccc5F)c4n3)cn2)C1. The van der Waals surface area contributed by atoms with Crippen molar-refractivity contribution in [3.05, 3.63) is 71.8 Å². The van der Waals surface area contributed by atoms with E-state index >= 15 is 0 Å². The highest BCUT2D eigenvalue weighted by molar-refractivity contribution is 6.30. The Morgan fingerprint density at radius 2 is 1.91 bits per heavy atom. The Labute approximate surface area is 194 Å². The number of fused-ring (bicyclic) bond motifs is 1. The van der Waals surface area contributed by atoms with E-state index in [1.54, 1.807) is 18.5 Å². The fraction of sp³-hybridized carbons (Fsp3) is 0.208. The lowest BCUT2D eigenvalue weighted by molar-refractivity contribution is 0.149. The minimum atomic E-state index is -0.369. The largest absolute Gasteiger partial charge is 0.365 e. The van der Waals surface area contributed by atoms with Gasteiger partial charge in [-0.15, -0.1) is 0 Å². The molecule has 168 valence electrons. The van der Waals surface area contributed by atoms with Crippen molar-refractivity contribution in [3.8, 4) is 11.1 Å². The number of aromatic nitrogens is 3. The van der Waals surface area contributed by atoms with Crippen LogP contribution >= 0.6 is 11.6 Å². The second-order valence-corrected chi connectivity index (χ2v) is 8.34. The molecule has 2 aromatic carbocycles. The smallest absolute Gasteiger partial charge is 0.227 e. The number of hydrogen-bond acceptors (Lipinski definition) is 6. The van der Waals surface area contributed by atoms with Crippen molar-refractivity contribution in [1.82, 2.24) is 19.9 Å². The summed E-state index contributed by atoms with van der Waals surface area (Å²) in [5, 5.41) is 7.73. The van der Waals surface area contributed by atoms with E-state index in [2.05, 4.69) is 25.6 Å². The molecule has 2 N–H and O–H groups in total. The highest BCUT2D eigenvalue weighted by Gasteiger charge is 2.26. The fourth-order valence-corrected chi connectivity index (χ4v) is 4.06. The molecule has 33 heavy (non-hydrogen) atoms. The summed E-state index contributed by atoms with van der Waals surface area (Å²) in [6.07, 6.45) is 3.39. The van der Waals surface area contributed by atoms with Crippen LogP contribution in [0.25, 0.3) is 22.0 Å². The molecule has 0 radical (unpaired) electrons. The highest BCUT2D eigenvalue weighted by Crippen LogP contribution is 2.31. The van der Waals surface area contributed by atoms with Gasteiger partial charge < -0.3 is 10.6 Å². The molecule has 4 aromatic rings. The number of nitrogens with zero attached hydrogens (tertiary/aromatic N) is 4. The van der Waals surface area contributed by atoms with Crippen molar-refractivity contribution in [1.29, 1.82) is 0 Å². The van der Waals surface area contributed by atoms with Gasteiger partial charge in [0.2, 0.25) is 5.95 Å². The van der Waals surface area contributed by atoms with Gasteiger partial charge in [0.25, 0.3) is 0 Å². The first-order valence-electron chi connectivity index (χ1n) is 10.6. The number of halogens is 3. The third kappa shape index (κ3) is 4.72.